The Labute approximate surface area is 120 Å². The van der Waals surface area contributed by atoms with Gasteiger partial charge in [-0.25, -0.2) is 8.42 Å². The summed E-state index contributed by atoms with van der Waals surface area (Å²) in [5, 5.41) is 9.79. The highest BCUT2D eigenvalue weighted by atomic mass is 32.2. The lowest BCUT2D eigenvalue weighted by Gasteiger charge is -2.35. The third-order valence-corrected chi connectivity index (χ3v) is 6.90. The molecule has 0 bridgehead atoms. The second-order valence-electron chi connectivity index (χ2n) is 5.89. The van der Waals surface area contributed by atoms with Gasteiger partial charge >= 0.3 is 0 Å². The number of β-amino-alcohol motifs (C(OH)–C–C–N with tert-alkyl or cyclic N) is 1. The maximum absolute atomic E-state index is 11.8. The fourth-order valence-corrected chi connectivity index (χ4v) is 6.15. The van der Waals surface area contributed by atoms with E-state index in [-0.39, 0.29) is 6.10 Å². The smallest absolute Gasteiger partial charge is 0.164 e. The summed E-state index contributed by atoms with van der Waals surface area (Å²) in [6.07, 6.45) is 6.77. The van der Waals surface area contributed by atoms with Gasteiger partial charge < -0.3 is 5.11 Å². The first-order chi connectivity index (χ1) is 8.97. The SMILES string of the molecule is CS(=O)(=O)C1CSCCN1CC(O)CC1CCCC1. The summed E-state index contributed by atoms with van der Waals surface area (Å²) in [6, 6.07) is 0. The highest BCUT2D eigenvalue weighted by Crippen LogP contribution is 2.29. The molecule has 0 amide bonds. The Balaban J connectivity index is 1.87. The number of thioether (sulfide) groups is 1. The van der Waals surface area contributed by atoms with E-state index in [1.54, 1.807) is 11.8 Å². The van der Waals surface area contributed by atoms with Crippen LogP contribution in [-0.4, -0.2) is 60.8 Å². The molecule has 0 aromatic rings. The zero-order valence-corrected chi connectivity index (χ0v) is 13.3. The minimum Gasteiger partial charge on any atom is -0.392 e. The van der Waals surface area contributed by atoms with Crippen molar-refractivity contribution in [1.82, 2.24) is 4.90 Å². The molecule has 2 aliphatic rings. The van der Waals surface area contributed by atoms with E-state index in [2.05, 4.69) is 0 Å². The lowest BCUT2D eigenvalue weighted by molar-refractivity contribution is 0.0895. The molecule has 2 unspecified atom stereocenters. The van der Waals surface area contributed by atoms with Crippen molar-refractivity contribution in [3.63, 3.8) is 0 Å². The molecule has 1 N–H and O–H groups in total. The molecule has 19 heavy (non-hydrogen) atoms. The van der Waals surface area contributed by atoms with Crippen molar-refractivity contribution in [2.75, 3.05) is 30.9 Å². The molecule has 1 saturated heterocycles. The minimum absolute atomic E-state index is 0.379. The van der Waals surface area contributed by atoms with E-state index < -0.39 is 15.2 Å². The van der Waals surface area contributed by atoms with E-state index in [9.17, 15) is 13.5 Å². The molecule has 4 nitrogen and oxygen atoms in total. The highest BCUT2D eigenvalue weighted by molar-refractivity contribution is 8.00. The van der Waals surface area contributed by atoms with E-state index in [4.69, 9.17) is 0 Å². The van der Waals surface area contributed by atoms with Gasteiger partial charge in [0.15, 0.2) is 9.84 Å². The molecular formula is C13H25NO3S2. The Morgan fingerprint density at radius 3 is 2.68 bits per heavy atom. The molecule has 0 aromatic heterocycles. The lowest BCUT2D eigenvalue weighted by atomic mass is 10.00. The van der Waals surface area contributed by atoms with Crippen LogP contribution in [0, 0.1) is 5.92 Å². The Kier molecular flexibility index (Phi) is 5.57. The van der Waals surface area contributed by atoms with Gasteiger partial charge in [-0.1, -0.05) is 25.7 Å². The third kappa shape index (κ3) is 4.62. The van der Waals surface area contributed by atoms with Crippen molar-refractivity contribution in [2.24, 2.45) is 5.92 Å². The average Bonchev–Trinajstić information content (AvgIpc) is 2.81. The van der Waals surface area contributed by atoms with E-state index >= 15 is 0 Å². The molecule has 0 radical (unpaired) electrons. The van der Waals surface area contributed by atoms with Crippen LogP contribution >= 0.6 is 11.8 Å². The van der Waals surface area contributed by atoms with Gasteiger partial charge in [0, 0.05) is 30.9 Å². The fourth-order valence-electron chi connectivity index (χ4n) is 3.19. The van der Waals surface area contributed by atoms with E-state index in [0.29, 0.717) is 18.2 Å². The van der Waals surface area contributed by atoms with Crippen LogP contribution < -0.4 is 0 Å². The molecule has 112 valence electrons. The summed E-state index contributed by atoms with van der Waals surface area (Å²) in [4.78, 5) is 1.96. The Bertz CT molecular complexity index is 379. The molecule has 1 aliphatic carbocycles. The van der Waals surface area contributed by atoms with Crippen LogP contribution in [0.5, 0.6) is 0 Å². The largest absolute Gasteiger partial charge is 0.392 e. The number of sulfone groups is 1. The van der Waals surface area contributed by atoms with Crippen LogP contribution in [0.3, 0.4) is 0 Å². The van der Waals surface area contributed by atoms with Crippen LogP contribution in [0.25, 0.3) is 0 Å². The average molecular weight is 307 g/mol. The number of aliphatic hydroxyl groups is 1. The Hall–Kier alpha value is 0.220. The Morgan fingerprint density at radius 2 is 2.05 bits per heavy atom. The molecule has 2 atom stereocenters. The molecule has 2 rings (SSSR count). The van der Waals surface area contributed by atoms with Gasteiger partial charge in [-0.05, 0) is 12.3 Å². The number of hydrogen-bond acceptors (Lipinski definition) is 5. The van der Waals surface area contributed by atoms with Gasteiger partial charge in [-0.2, -0.15) is 11.8 Å². The second kappa shape index (κ2) is 6.78. The molecule has 1 saturated carbocycles. The van der Waals surface area contributed by atoms with Gasteiger partial charge in [0.25, 0.3) is 0 Å². The van der Waals surface area contributed by atoms with Gasteiger partial charge in [0.05, 0.1) is 6.10 Å². The number of aliphatic hydroxyl groups excluding tert-OH is 1. The predicted molar refractivity (Wildman–Crippen MR) is 80.1 cm³/mol. The van der Waals surface area contributed by atoms with E-state index in [1.807, 2.05) is 4.90 Å². The van der Waals surface area contributed by atoms with Gasteiger partial charge in [-0.15, -0.1) is 0 Å². The lowest BCUT2D eigenvalue weighted by Crippen LogP contribution is -2.49. The Morgan fingerprint density at radius 1 is 1.37 bits per heavy atom. The monoisotopic (exact) mass is 307 g/mol. The van der Waals surface area contributed by atoms with E-state index in [0.717, 1.165) is 18.7 Å². The van der Waals surface area contributed by atoms with Crippen LogP contribution in [-0.2, 0) is 9.84 Å². The van der Waals surface area contributed by atoms with E-state index in [1.165, 1.54) is 31.9 Å². The maximum atomic E-state index is 11.8. The quantitative estimate of drug-likeness (QED) is 0.831. The van der Waals surface area contributed by atoms with Crippen molar-refractivity contribution in [1.29, 1.82) is 0 Å². The highest BCUT2D eigenvalue weighted by Gasteiger charge is 2.32. The van der Waals surface area contributed by atoms with Crippen molar-refractivity contribution < 1.29 is 13.5 Å². The van der Waals surface area contributed by atoms with Crippen molar-refractivity contribution in [3.8, 4) is 0 Å². The summed E-state index contributed by atoms with van der Waals surface area (Å²) in [6.45, 7) is 1.28. The summed E-state index contributed by atoms with van der Waals surface area (Å²) in [5.41, 5.74) is 0. The minimum atomic E-state index is -3.05. The van der Waals surface area contributed by atoms with Crippen LogP contribution in [0.4, 0.5) is 0 Å². The standard InChI is InChI=1S/C13H25NO3S2/c1-19(16,17)13-10-18-7-6-14(13)9-12(15)8-11-4-2-3-5-11/h11-13,15H,2-10H2,1H3. The van der Waals surface area contributed by atoms with Crippen LogP contribution in [0.1, 0.15) is 32.1 Å². The summed E-state index contributed by atoms with van der Waals surface area (Å²) < 4.78 is 23.6. The normalized spacial score (nSPS) is 28.6. The first kappa shape index (κ1) is 15.6. The van der Waals surface area contributed by atoms with Crippen LogP contribution in [0.2, 0.25) is 0 Å². The van der Waals surface area contributed by atoms with Gasteiger partial charge in [-0.3, -0.25) is 4.90 Å². The summed E-state index contributed by atoms with van der Waals surface area (Å²) in [7, 11) is -3.05. The van der Waals surface area contributed by atoms with Gasteiger partial charge in [0.1, 0.15) is 5.37 Å². The zero-order chi connectivity index (χ0) is 13.9. The topological polar surface area (TPSA) is 57.6 Å². The molecular weight excluding hydrogens is 282 g/mol. The first-order valence-electron chi connectivity index (χ1n) is 7.15. The van der Waals surface area contributed by atoms with Crippen molar-refractivity contribution in [3.05, 3.63) is 0 Å². The second-order valence-corrected chi connectivity index (χ2v) is 9.25. The number of rotatable bonds is 5. The molecule has 6 heteroatoms. The molecule has 2 fully saturated rings. The molecule has 0 aromatic carbocycles. The van der Waals surface area contributed by atoms with Crippen LogP contribution in [0.15, 0.2) is 0 Å². The van der Waals surface area contributed by atoms with Gasteiger partial charge in [0.2, 0.25) is 0 Å². The van der Waals surface area contributed by atoms with Crippen molar-refractivity contribution >= 4 is 21.6 Å². The molecule has 0 spiro atoms. The maximum Gasteiger partial charge on any atom is 0.164 e. The number of nitrogens with zero attached hydrogens (tertiary/aromatic N) is 1. The first-order valence-corrected chi connectivity index (χ1v) is 10.3. The fraction of sp³-hybridized carbons (Fsp3) is 1.00. The molecule has 1 aliphatic heterocycles. The molecule has 1 heterocycles. The zero-order valence-electron chi connectivity index (χ0n) is 11.6. The summed E-state index contributed by atoms with van der Waals surface area (Å²) >= 11 is 1.69. The summed E-state index contributed by atoms with van der Waals surface area (Å²) in [5.74, 6) is 2.24. The van der Waals surface area contributed by atoms with Crippen molar-refractivity contribution in [2.45, 2.75) is 43.6 Å². The third-order valence-electron chi connectivity index (χ3n) is 4.21. The number of hydrogen-bond donors (Lipinski definition) is 1. The predicted octanol–water partition coefficient (Wildman–Crippen LogP) is 1.35.